The SMILES string of the molecule is C=CN=C1NC(=O)CC(C(F)F)/C1=C(/C)C(=N)c1ccc(F)cc1NC(CCC)CCCC. The van der Waals surface area contributed by atoms with Crippen LogP contribution in [0.3, 0.4) is 0 Å². The first-order chi connectivity index (χ1) is 15.7. The number of benzene rings is 1. The topological polar surface area (TPSA) is 77.3 Å². The number of halogens is 3. The van der Waals surface area contributed by atoms with Gasteiger partial charge in [-0.05, 0) is 43.5 Å². The first-order valence-electron chi connectivity index (χ1n) is 11.4. The molecule has 33 heavy (non-hydrogen) atoms. The van der Waals surface area contributed by atoms with Gasteiger partial charge in [0.25, 0.3) is 0 Å². The van der Waals surface area contributed by atoms with Gasteiger partial charge in [0.05, 0.1) is 11.6 Å². The molecule has 8 heteroatoms. The Hall–Kier alpha value is -2.90. The highest BCUT2D eigenvalue weighted by molar-refractivity contribution is 6.20. The second-order valence-corrected chi connectivity index (χ2v) is 8.23. The number of allylic oxidation sites excluding steroid dienone is 1. The molecule has 0 aromatic heterocycles. The van der Waals surface area contributed by atoms with E-state index in [2.05, 4.69) is 36.1 Å². The first-order valence-corrected chi connectivity index (χ1v) is 11.4. The third-order valence-corrected chi connectivity index (χ3v) is 5.75. The molecule has 1 fully saturated rings. The molecular formula is C25H33F3N4O. The van der Waals surface area contributed by atoms with E-state index in [0.717, 1.165) is 38.3 Å². The highest BCUT2D eigenvalue weighted by Crippen LogP contribution is 2.32. The maximum absolute atomic E-state index is 14.1. The lowest BCUT2D eigenvalue weighted by Crippen LogP contribution is -2.44. The minimum atomic E-state index is -2.81. The minimum Gasteiger partial charge on any atom is -0.382 e. The van der Waals surface area contributed by atoms with E-state index in [4.69, 9.17) is 5.41 Å². The second-order valence-electron chi connectivity index (χ2n) is 8.23. The van der Waals surface area contributed by atoms with Gasteiger partial charge < -0.3 is 10.6 Å². The lowest BCUT2D eigenvalue weighted by molar-refractivity contribution is -0.122. The van der Waals surface area contributed by atoms with Crippen LogP contribution in [0.15, 0.2) is 47.1 Å². The van der Waals surface area contributed by atoms with Crippen LogP contribution in [-0.4, -0.2) is 29.9 Å². The number of carbonyl (C=O) groups is 1. The summed E-state index contributed by atoms with van der Waals surface area (Å²) in [6.07, 6.45) is 2.74. The molecule has 1 aromatic rings. The van der Waals surface area contributed by atoms with Gasteiger partial charge >= 0.3 is 0 Å². The van der Waals surface area contributed by atoms with Gasteiger partial charge in [0, 0.05) is 35.5 Å². The fourth-order valence-corrected chi connectivity index (χ4v) is 4.09. The van der Waals surface area contributed by atoms with Crippen molar-refractivity contribution in [3.63, 3.8) is 0 Å². The highest BCUT2D eigenvalue weighted by Gasteiger charge is 2.37. The Morgan fingerprint density at radius 2 is 2.06 bits per heavy atom. The molecule has 0 radical (unpaired) electrons. The van der Waals surface area contributed by atoms with Gasteiger partial charge in [-0.25, -0.2) is 18.2 Å². The average molecular weight is 463 g/mol. The number of alkyl halides is 2. The number of rotatable bonds is 11. The number of carbonyl (C=O) groups excluding carboxylic acids is 1. The Morgan fingerprint density at radius 3 is 2.67 bits per heavy atom. The Balaban J connectivity index is 2.54. The van der Waals surface area contributed by atoms with Crippen LogP contribution in [0.5, 0.6) is 0 Å². The third-order valence-electron chi connectivity index (χ3n) is 5.75. The van der Waals surface area contributed by atoms with E-state index in [0.29, 0.717) is 11.3 Å². The van der Waals surface area contributed by atoms with Gasteiger partial charge in [0.1, 0.15) is 11.7 Å². The monoisotopic (exact) mass is 462 g/mol. The summed E-state index contributed by atoms with van der Waals surface area (Å²) in [5, 5.41) is 14.7. The van der Waals surface area contributed by atoms with Gasteiger partial charge in [-0.3, -0.25) is 10.2 Å². The molecular weight excluding hydrogens is 429 g/mol. The molecule has 0 saturated carbocycles. The quantitative estimate of drug-likeness (QED) is 0.341. The molecule has 2 atom stereocenters. The van der Waals surface area contributed by atoms with Crippen LogP contribution < -0.4 is 10.6 Å². The molecule has 1 heterocycles. The third kappa shape index (κ3) is 6.79. The molecule has 180 valence electrons. The van der Waals surface area contributed by atoms with E-state index in [1.54, 1.807) is 6.92 Å². The van der Waals surface area contributed by atoms with Crippen molar-refractivity contribution in [2.24, 2.45) is 10.9 Å². The number of aliphatic imine (C=N–C) groups is 1. The van der Waals surface area contributed by atoms with Crippen LogP contribution in [-0.2, 0) is 4.79 Å². The van der Waals surface area contributed by atoms with Crippen LogP contribution in [0.4, 0.5) is 18.9 Å². The number of anilines is 1. The molecule has 5 nitrogen and oxygen atoms in total. The smallest absolute Gasteiger partial charge is 0.246 e. The summed E-state index contributed by atoms with van der Waals surface area (Å²) in [5.41, 5.74) is 1.17. The number of hydrogen-bond donors (Lipinski definition) is 3. The zero-order chi connectivity index (χ0) is 24.5. The van der Waals surface area contributed by atoms with Crippen LogP contribution in [0.1, 0.15) is 64.9 Å². The molecule has 0 spiro atoms. The lowest BCUT2D eigenvalue weighted by Gasteiger charge is -2.29. The summed E-state index contributed by atoms with van der Waals surface area (Å²) in [7, 11) is 0. The molecule has 1 aliphatic heterocycles. The maximum Gasteiger partial charge on any atom is 0.246 e. The molecule has 2 unspecified atom stereocenters. The molecule has 0 bridgehead atoms. The Morgan fingerprint density at radius 1 is 1.33 bits per heavy atom. The predicted molar refractivity (Wildman–Crippen MR) is 128 cm³/mol. The number of unbranched alkanes of at least 4 members (excludes halogenated alkanes) is 1. The Labute approximate surface area is 193 Å². The molecule has 1 aromatic carbocycles. The predicted octanol–water partition coefficient (Wildman–Crippen LogP) is 6.22. The van der Waals surface area contributed by atoms with Gasteiger partial charge in [-0.15, -0.1) is 0 Å². The van der Waals surface area contributed by atoms with Crippen molar-refractivity contribution in [1.29, 1.82) is 5.41 Å². The zero-order valence-electron chi connectivity index (χ0n) is 19.5. The number of hydrogen-bond acceptors (Lipinski definition) is 4. The van der Waals surface area contributed by atoms with Crippen molar-refractivity contribution in [1.82, 2.24) is 5.32 Å². The Kier molecular flexibility index (Phi) is 9.88. The van der Waals surface area contributed by atoms with Gasteiger partial charge in [-0.1, -0.05) is 39.7 Å². The number of nitrogens with one attached hydrogen (secondary N) is 3. The normalized spacial score (nSPS) is 19.9. The molecule has 2 rings (SSSR count). The second kappa shape index (κ2) is 12.4. The van der Waals surface area contributed by atoms with Crippen molar-refractivity contribution in [2.75, 3.05) is 5.32 Å². The van der Waals surface area contributed by atoms with Crippen molar-refractivity contribution in [3.05, 3.63) is 53.5 Å². The van der Waals surface area contributed by atoms with Crippen molar-refractivity contribution in [2.45, 2.75) is 71.8 Å². The van der Waals surface area contributed by atoms with Gasteiger partial charge in [0.15, 0.2) is 0 Å². The van der Waals surface area contributed by atoms with E-state index >= 15 is 0 Å². The van der Waals surface area contributed by atoms with Crippen LogP contribution in [0.25, 0.3) is 0 Å². The fourth-order valence-electron chi connectivity index (χ4n) is 4.09. The molecule has 1 aliphatic rings. The summed E-state index contributed by atoms with van der Waals surface area (Å²) in [6.45, 7) is 9.22. The van der Waals surface area contributed by atoms with E-state index in [-0.39, 0.29) is 28.7 Å². The first kappa shape index (κ1) is 26.4. The van der Waals surface area contributed by atoms with E-state index < -0.39 is 30.5 Å². The summed E-state index contributed by atoms with van der Waals surface area (Å²) in [4.78, 5) is 15.9. The largest absolute Gasteiger partial charge is 0.382 e. The number of amides is 1. The number of amidine groups is 1. The molecule has 1 amide bonds. The van der Waals surface area contributed by atoms with Crippen molar-refractivity contribution >= 4 is 23.1 Å². The van der Waals surface area contributed by atoms with Gasteiger partial charge in [-0.2, -0.15) is 0 Å². The molecule has 3 N–H and O–H groups in total. The minimum absolute atomic E-state index is 0.0303. The van der Waals surface area contributed by atoms with Crippen LogP contribution in [0, 0.1) is 17.1 Å². The number of nitrogens with zero attached hydrogens (tertiary/aromatic N) is 1. The van der Waals surface area contributed by atoms with Crippen LogP contribution >= 0.6 is 0 Å². The fraction of sp³-hybridized carbons (Fsp3) is 0.480. The summed E-state index contributed by atoms with van der Waals surface area (Å²) >= 11 is 0. The Bertz CT molecular complexity index is 940. The van der Waals surface area contributed by atoms with Crippen molar-refractivity contribution < 1.29 is 18.0 Å². The van der Waals surface area contributed by atoms with E-state index in [1.807, 2.05) is 0 Å². The summed E-state index contributed by atoms with van der Waals surface area (Å²) in [5.74, 6) is -2.44. The zero-order valence-corrected chi connectivity index (χ0v) is 19.5. The molecule has 1 saturated heterocycles. The molecule has 0 aliphatic carbocycles. The highest BCUT2D eigenvalue weighted by atomic mass is 19.3. The average Bonchev–Trinajstić information content (AvgIpc) is 2.76. The van der Waals surface area contributed by atoms with E-state index in [1.165, 1.54) is 18.2 Å². The maximum atomic E-state index is 14.1. The van der Waals surface area contributed by atoms with Crippen molar-refractivity contribution in [3.8, 4) is 0 Å². The summed E-state index contributed by atoms with van der Waals surface area (Å²) in [6, 6.07) is 4.18. The van der Waals surface area contributed by atoms with Crippen LogP contribution in [0.2, 0.25) is 0 Å². The summed E-state index contributed by atoms with van der Waals surface area (Å²) < 4.78 is 41.9. The number of piperidine rings is 1. The lowest BCUT2D eigenvalue weighted by atomic mass is 9.84. The standard InChI is InChI=1S/C25H33F3N4O/c1-5-8-10-17(9-6-2)31-20-13-16(26)11-12-18(20)23(29)15(4)22-19(24(27)28)14-21(33)32-25(22)30-7-3/h7,11-13,17,19,24,29,31H,3,5-6,8-10,14H2,1-2,4H3,(H,30,32,33)/b22-15+,29-23?. The van der Waals surface area contributed by atoms with Gasteiger partial charge in [0.2, 0.25) is 12.3 Å². The van der Waals surface area contributed by atoms with E-state index in [9.17, 15) is 18.0 Å².